The monoisotopic (exact) mass is 535 g/mol. The molecule has 2 aliphatic heterocycles. The van der Waals surface area contributed by atoms with Crippen molar-refractivity contribution in [2.45, 2.75) is 76.8 Å². The van der Waals surface area contributed by atoms with E-state index in [9.17, 15) is 4.79 Å². The number of nitrogens with zero attached hydrogens (tertiary/aromatic N) is 3. The van der Waals surface area contributed by atoms with Crippen LogP contribution in [0.5, 0.6) is 0 Å². The largest absolute Gasteiger partial charge is 0.453 e. The van der Waals surface area contributed by atoms with Crippen molar-refractivity contribution >= 4 is 36.0 Å². The number of guanidine groups is 1. The lowest BCUT2D eigenvalue weighted by Gasteiger charge is -2.32. The predicted molar refractivity (Wildman–Crippen MR) is 133 cm³/mol. The highest BCUT2D eigenvalue weighted by molar-refractivity contribution is 14.0. The van der Waals surface area contributed by atoms with Crippen LogP contribution in [0.25, 0.3) is 0 Å². The zero-order valence-electron chi connectivity index (χ0n) is 18.9. The molecule has 8 heteroatoms. The van der Waals surface area contributed by atoms with Crippen LogP contribution in [0, 0.1) is 5.92 Å². The van der Waals surface area contributed by atoms with Gasteiger partial charge in [-0.05, 0) is 57.9 Å². The molecule has 2 saturated heterocycles. The maximum atomic E-state index is 11.7. The van der Waals surface area contributed by atoms with Crippen LogP contribution in [-0.4, -0.2) is 80.3 Å². The average Bonchev–Trinajstić information content (AvgIpc) is 3.19. The Bertz CT molecular complexity index is 534. The molecule has 3 fully saturated rings. The number of hydrogen-bond donors (Lipinski definition) is 2. The summed E-state index contributed by atoms with van der Waals surface area (Å²) in [7, 11) is 1.45. The molecule has 1 saturated carbocycles. The van der Waals surface area contributed by atoms with Crippen molar-refractivity contribution in [2.75, 3.05) is 46.4 Å². The van der Waals surface area contributed by atoms with Crippen molar-refractivity contribution in [2.24, 2.45) is 10.9 Å². The summed E-state index contributed by atoms with van der Waals surface area (Å²) in [6.07, 6.45) is 11.3. The fourth-order valence-electron chi connectivity index (χ4n) is 5.09. The highest BCUT2D eigenvalue weighted by Gasteiger charge is 2.28. The van der Waals surface area contributed by atoms with Crippen molar-refractivity contribution in [1.82, 2.24) is 20.4 Å². The summed E-state index contributed by atoms with van der Waals surface area (Å²) in [5, 5.41) is 7.01. The van der Waals surface area contributed by atoms with Gasteiger partial charge < -0.3 is 20.3 Å². The third-order valence-electron chi connectivity index (χ3n) is 6.79. The fourth-order valence-corrected chi connectivity index (χ4v) is 5.09. The summed E-state index contributed by atoms with van der Waals surface area (Å²) in [5.41, 5.74) is 0. The molecule has 1 amide bonds. The number of aliphatic imine (C=N–C) groups is 1. The van der Waals surface area contributed by atoms with Crippen LogP contribution in [0.4, 0.5) is 4.79 Å². The summed E-state index contributed by atoms with van der Waals surface area (Å²) in [5.74, 6) is 1.83. The lowest BCUT2D eigenvalue weighted by Crippen LogP contribution is -2.50. The molecule has 0 bridgehead atoms. The lowest BCUT2D eigenvalue weighted by molar-refractivity contribution is 0.111. The highest BCUT2D eigenvalue weighted by atomic mass is 127. The Morgan fingerprint density at radius 3 is 2.43 bits per heavy atom. The number of amides is 1. The number of carbonyl (C=O) groups excluding carboxylic acids is 1. The van der Waals surface area contributed by atoms with Crippen LogP contribution in [0.3, 0.4) is 0 Å². The molecule has 0 aromatic rings. The number of nitrogens with one attached hydrogen (secondary N) is 2. The second-order valence-corrected chi connectivity index (χ2v) is 8.89. The number of rotatable bonds is 6. The van der Waals surface area contributed by atoms with E-state index in [1.807, 2.05) is 0 Å². The molecule has 1 unspecified atom stereocenters. The smallest absolute Gasteiger partial charge is 0.409 e. The van der Waals surface area contributed by atoms with Crippen LogP contribution in [0.15, 0.2) is 4.99 Å². The second-order valence-electron chi connectivity index (χ2n) is 8.89. The van der Waals surface area contributed by atoms with Crippen molar-refractivity contribution in [3.63, 3.8) is 0 Å². The Morgan fingerprint density at radius 2 is 1.77 bits per heavy atom. The van der Waals surface area contributed by atoms with E-state index in [1.165, 1.54) is 65.1 Å². The Morgan fingerprint density at radius 1 is 1.03 bits per heavy atom. The molecule has 0 spiro atoms. The van der Waals surface area contributed by atoms with Gasteiger partial charge in [0.25, 0.3) is 0 Å². The van der Waals surface area contributed by atoms with Gasteiger partial charge in [-0.2, -0.15) is 0 Å². The maximum absolute atomic E-state index is 11.7. The summed E-state index contributed by atoms with van der Waals surface area (Å²) in [6, 6.07) is 0.948. The van der Waals surface area contributed by atoms with Gasteiger partial charge in [-0.1, -0.05) is 19.3 Å². The van der Waals surface area contributed by atoms with E-state index in [0.717, 1.165) is 50.9 Å². The van der Waals surface area contributed by atoms with Crippen LogP contribution in [0.2, 0.25) is 0 Å². The van der Waals surface area contributed by atoms with Gasteiger partial charge in [0.2, 0.25) is 0 Å². The quantitative estimate of drug-likeness (QED) is 0.310. The molecule has 1 aliphatic carbocycles. The second kappa shape index (κ2) is 13.6. The molecule has 174 valence electrons. The Hall–Kier alpha value is -0.770. The SMILES string of the molecule is CCNC(=NCC1CCCN1CC1CCCCC1)NC1CCN(C(=O)OC)CC1.I. The first kappa shape index (κ1) is 25.5. The van der Waals surface area contributed by atoms with Crippen molar-refractivity contribution < 1.29 is 9.53 Å². The number of ether oxygens (including phenoxy) is 1. The molecule has 7 nitrogen and oxygen atoms in total. The van der Waals surface area contributed by atoms with Gasteiger partial charge in [-0.25, -0.2) is 4.79 Å². The molecule has 0 aromatic carbocycles. The molecule has 1 atom stereocenters. The predicted octanol–water partition coefficient (Wildman–Crippen LogP) is 3.44. The number of methoxy groups -OCH3 is 1. The standard InChI is InChI=1S/C22H41N5O2.HI/c1-3-23-21(25-19-11-14-26(15-12-19)22(28)29-2)24-16-20-10-7-13-27(20)17-18-8-5-4-6-9-18;/h18-20H,3-17H2,1-2H3,(H2,23,24,25);1H. The minimum atomic E-state index is -0.219. The molecule has 3 rings (SSSR count). The topological polar surface area (TPSA) is 69.2 Å². The van der Waals surface area contributed by atoms with Crippen LogP contribution < -0.4 is 10.6 Å². The molecular formula is C22H42IN5O2. The van der Waals surface area contributed by atoms with Gasteiger partial charge in [0.15, 0.2) is 5.96 Å². The van der Waals surface area contributed by atoms with Crippen molar-refractivity contribution in [3.8, 4) is 0 Å². The summed E-state index contributed by atoms with van der Waals surface area (Å²) >= 11 is 0. The molecular weight excluding hydrogens is 493 g/mol. The van der Waals surface area contributed by atoms with E-state index in [-0.39, 0.29) is 30.1 Å². The summed E-state index contributed by atoms with van der Waals surface area (Å²) in [4.78, 5) is 21.1. The lowest BCUT2D eigenvalue weighted by atomic mass is 9.89. The maximum Gasteiger partial charge on any atom is 0.409 e. The molecule has 0 radical (unpaired) electrons. The van der Waals surface area contributed by atoms with E-state index in [0.29, 0.717) is 12.1 Å². The summed E-state index contributed by atoms with van der Waals surface area (Å²) in [6.45, 7) is 7.85. The van der Waals surface area contributed by atoms with E-state index in [1.54, 1.807) is 4.90 Å². The third-order valence-corrected chi connectivity index (χ3v) is 6.79. The van der Waals surface area contributed by atoms with Gasteiger partial charge >= 0.3 is 6.09 Å². The summed E-state index contributed by atoms with van der Waals surface area (Å²) < 4.78 is 4.83. The van der Waals surface area contributed by atoms with Gasteiger partial charge in [0, 0.05) is 38.3 Å². The minimum Gasteiger partial charge on any atom is -0.453 e. The average molecular weight is 536 g/mol. The van der Waals surface area contributed by atoms with Crippen molar-refractivity contribution in [1.29, 1.82) is 0 Å². The molecule has 2 N–H and O–H groups in total. The number of likely N-dealkylation sites (tertiary alicyclic amines) is 2. The normalized spacial score (nSPS) is 24.4. The van der Waals surface area contributed by atoms with E-state index in [2.05, 4.69) is 22.5 Å². The van der Waals surface area contributed by atoms with E-state index in [4.69, 9.17) is 9.73 Å². The zero-order chi connectivity index (χ0) is 20.5. The number of piperidine rings is 1. The molecule has 0 aromatic heterocycles. The van der Waals surface area contributed by atoms with Gasteiger partial charge in [0.05, 0.1) is 13.7 Å². The number of hydrogen-bond acceptors (Lipinski definition) is 4. The molecule has 30 heavy (non-hydrogen) atoms. The van der Waals surface area contributed by atoms with Crippen LogP contribution in [0.1, 0.15) is 64.7 Å². The van der Waals surface area contributed by atoms with E-state index >= 15 is 0 Å². The van der Waals surface area contributed by atoms with Gasteiger partial charge in [-0.15, -0.1) is 24.0 Å². The van der Waals surface area contributed by atoms with Crippen LogP contribution in [-0.2, 0) is 4.74 Å². The Labute approximate surface area is 199 Å². The first-order valence-electron chi connectivity index (χ1n) is 11.8. The Balaban J connectivity index is 0.00000320. The molecule has 3 aliphatic rings. The Kier molecular flexibility index (Phi) is 11.6. The van der Waals surface area contributed by atoms with E-state index < -0.39 is 0 Å². The minimum absolute atomic E-state index is 0. The highest BCUT2D eigenvalue weighted by Crippen LogP contribution is 2.27. The molecule has 2 heterocycles. The first-order chi connectivity index (χ1) is 14.2. The fraction of sp³-hybridized carbons (Fsp3) is 0.909. The van der Waals surface area contributed by atoms with Crippen molar-refractivity contribution in [3.05, 3.63) is 0 Å². The third kappa shape index (κ3) is 7.73. The first-order valence-corrected chi connectivity index (χ1v) is 11.8. The number of halogens is 1. The van der Waals surface area contributed by atoms with Crippen LogP contribution >= 0.6 is 24.0 Å². The van der Waals surface area contributed by atoms with Gasteiger partial charge in [-0.3, -0.25) is 9.89 Å². The van der Waals surface area contributed by atoms with Gasteiger partial charge in [0.1, 0.15) is 0 Å². The number of carbonyl (C=O) groups is 1. The zero-order valence-corrected chi connectivity index (χ0v) is 21.2.